The van der Waals surface area contributed by atoms with Gasteiger partial charge in [0.1, 0.15) is 23.7 Å². The number of hydrogen-bond donors (Lipinski definition) is 5. The van der Waals surface area contributed by atoms with Crippen LogP contribution >= 0.6 is 0 Å². The second-order valence-electron chi connectivity index (χ2n) is 17.7. The number of nitrogens with one attached hydrogen (secondary N) is 4. The molecule has 0 bridgehead atoms. The second-order valence-corrected chi connectivity index (χ2v) is 17.7. The van der Waals surface area contributed by atoms with E-state index in [1.54, 1.807) is 12.0 Å². The van der Waals surface area contributed by atoms with E-state index in [0.717, 1.165) is 73.4 Å². The largest absolute Gasteiger partial charge is 0.465 e. The lowest BCUT2D eigenvalue weighted by Gasteiger charge is -2.31. The molecule has 15 nitrogen and oxygen atoms in total. The van der Waals surface area contributed by atoms with Gasteiger partial charge in [0.2, 0.25) is 11.8 Å². The van der Waals surface area contributed by atoms with Crippen molar-refractivity contribution in [1.82, 2.24) is 40.4 Å². The zero-order valence-electron chi connectivity index (χ0n) is 35.2. The van der Waals surface area contributed by atoms with E-state index in [-0.39, 0.29) is 47.7 Å². The number of likely N-dealkylation sites (tertiary alicyclic amines) is 2. The van der Waals surface area contributed by atoms with E-state index >= 15 is 0 Å². The number of carbonyl (C=O) groups excluding carboxylic acids is 3. The highest BCUT2D eigenvalue weighted by Gasteiger charge is 2.56. The molecule has 0 radical (unpaired) electrons. The van der Waals surface area contributed by atoms with Crippen LogP contribution in [0.2, 0.25) is 0 Å². The molecule has 6 aromatic rings. The summed E-state index contributed by atoms with van der Waals surface area (Å²) >= 11 is 0. The van der Waals surface area contributed by atoms with Gasteiger partial charge < -0.3 is 45.0 Å². The Hall–Kier alpha value is -6.22. The van der Waals surface area contributed by atoms with Gasteiger partial charge in [0.25, 0.3) is 0 Å². The summed E-state index contributed by atoms with van der Waals surface area (Å²) in [5.41, 5.74) is 5.52. The van der Waals surface area contributed by atoms with E-state index in [1.807, 2.05) is 44.7 Å². The van der Waals surface area contributed by atoms with Crippen LogP contribution in [-0.4, -0.2) is 104 Å². The van der Waals surface area contributed by atoms with Gasteiger partial charge in [-0.1, -0.05) is 64.1 Å². The number of H-pyrrole nitrogens is 2. The van der Waals surface area contributed by atoms with Crippen molar-refractivity contribution < 1.29 is 33.8 Å². The van der Waals surface area contributed by atoms with E-state index < -0.39 is 24.3 Å². The molecule has 2 aromatic heterocycles. The van der Waals surface area contributed by atoms with Gasteiger partial charge in [0.15, 0.2) is 0 Å². The lowest BCUT2D eigenvalue weighted by molar-refractivity contribution is -0.137. The van der Waals surface area contributed by atoms with Crippen LogP contribution in [0.3, 0.4) is 0 Å². The Balaban J connectivity index is 0.990. The zero-order chi connectivity index (χ0) is 42.9. The van der Waals surface area contributed by atoms with Crippen LogP contribution in [0.15, 0.2) is 60.7 Å². The van der Waals surface area contributed by atoms with Gasteiger partial charge in [0.05, 0.1) is 47.9 Å². The highest BCUT2D eigenvalue weighted by molar-refractivity contribution is 6.07. The Morgan fingerprint density at radius 3 is 1.87 bits per heavy atom. The average molecular weight is 829 g/mol. The number of fused-ring (bicyclic) bond motifs is 7. The summed E-state index contributed by atoms with van der Waals surface area (Å²) in [5.74, 6) is 1.20. The quantitative estimate of drug-likeness (QED) is 0.0892. The Labute approximate surface area is 352 Å². The molecule has 5 N–H and O–H groups in total. The van der Waals surface area contributed by atoms with Gasteiger partial charge >= 0.3 is 12.2 Å². The lowest BCUT2D eigenvalue weighted by atomic mass is 9.98. The van der Waals surface area contributed by atoms with Crippen molar-refractivity contribution in [2.24, 2.45) is 23.7 Å². The van der Waals surface area contributed by atoms with Gasteiger partial charge in [-0.3, -0.25) is 9.59 Å². The fourth-order valence-electron chi connectivity index (χ4n) is 9.80. The minimum absolute atomic E-state index is 0.0805. The number of rotatable bonds is 11. The summed E-state index contributed by atoms with van der Waals surface area (Å²) < 4.78 is 10.3. The fraction of sp³-hybridized carbons (Fsp3) is 0.435. The van der Waals surface area contributed by atoms with Crippen LogP contribution in [-0.2, 0) is 19.1 Å². The molecule has 3 fully saturated rings. The number of alkyl carbamates (subject to hydrolysis) is 1. The SMILES string of the molecule is COC[C@H]1C[C@@H](c2nc3c(ccc4cc(-c5ccc6c(ccc7[nH]c([C@@H]8C[C@H]9C[C@H]9N8C(=O)[C@@H](NC(=O)OC)C(C)C)nc76)c5)ccc43)[nH]2)N(C(=O)[C@@H](NC(=O)O)C(C)C)C1. The maximum Gasteiger partial charge on any atom is 0.407 e. The van der Waals surface area contributed by atoms with Crippen molar-refractivity contribution in [2.45, 2.75) is 77.2 Å². The number of aromatic amines is 2. The molecule has 15 heteroatoms. The summed E-state index contributed by atoms with van der Waals surface area (Å²) in [5, 5.41) is 18.7. The first-order valence-corrected chi connectivity index (χ1v) is 21.1. The molecule has 4 aromatic carbocycles. The molecule has 61 heavy (non-hydrogen) atoms. The first kappa shape index (κ1) is 40.2. The Bertz CT molecular complexity index is 2710. The molecule has 3 aliphatic rings. The number of benzene rings is 4. The molecule has 2 saturated heterocycles. The zero-order valence-corrected chi connectivity index (χ0v) is 35.2. The van der Waals surface area contributed by atoms with Gasteiger partial charge in [-0.05, 0) is 83.2 Å². The number of piperidine rings is 1. The van der Waals surface area contributed by atoms with Crippen LogP contribution in [0, 0.1) is 23.7 Å². The van der Waals surface area contributed by atoms with Gasteiger partial charge in [-0.2, -0.15) is 0 Å². The summed E-state index contributed by atoms with van der Waals surface area (Å²) in [6.45, 7) is 8.43. The normalized spacial score (nSPS) is 22.1. The maximum absolute atomic E-state index is 14.0. The monoisotopic (exact) mass is 828 g/mol. The molecule has 2 aliphatic heterocycles. The van der Waals surface area contributed by atoms with E-state index in [9.17, 15) is 24.3 Å². The van der Waals surface area contributed by atoms with Crippen molar-refractivity contribution >= 4 is 67.6 Å². The predicted molar refractivity (Wildman–Crippen MR) is 231 cm³/mol. The van der Waals surface area contributed by atoms with E-state index in [0.29, 0.717) is 31.3 Å². The third-order valence-corrected chi connectivity index (χ3v) is 13.0. The first-order chi connectivity index (χ1) is 29.3. The summed E-state index contributed by atoms with van der Waals surface area (Å²) in [6, 6.07) is 19.0. The van der Waals surface area contributed by atoms with Crippen LogP contribution in [0.25, 0.3) is 54.7 Å². The molecule has 0 spiro atoms. The Kier molecular flexibility index (Phi) is 10.3. The van der Waals surface area contributed by atoms with Gasteiger partial charge in [-0.15, -0.1) is 0 Å². The number of methoxy groups -OCH3 is 2. The second kappa shape index (κ2) is 15.7. The van der Waals surface area contributed by atoms with E-state index in [4.69, 9.17) is 19.4 Å². The molecule has 0 unspecified atom stereocenters. The molecule has 4 heterocycles. The summed E-state index contributed by atoms with van der Waals surface area (Å²) in [4.78, 5) is 72.5. The van der Waals surface area contributed by atoms with Crippen LogP contribution in [0.4, 0.5) is 9.59 Å². The van der Waals surface area contributed by atoms with E-state index in [1.165, 1.54) is 7.11 Å². The summed E-state index contributed by atoms with van der Waals surface area (Å²) in [7, 11) is 2.95. The number of carbonyl (C=O) groups is 4. The molecular formula is C46H52N8O7. The molecule has 1 saturated carbocycles. The molecule has 318 valence electrons. The number of amides is 4. The van der Waals surface area contributed by atoms with Gasteiger partial charge in [0, 0.05) is 36.4 Å². The Morgan fingerprint density at radius 2 is 1.33 bits per heavy atom. The third kappa shape index (κ3) is 7.28. The summed E-state index contributed by atoms with van der Waals surface area (Å²) in [6.07, 6.45) is 0.581. The topological polar surface area (TPSA) is 195 Å². The average Bonchev–Trinajstić information content (AvgIpc) is 3.66. The van der Waals surface area contributed by atoms with Crippen molar-refractivity contribution in [1.29, 1.82) is 0 Å². The van der Waals surface area contributed by atoms with Crippen molar-refractivity contribution in [2.75, 3.05) is 27.4 Å². The van der Waals surface area contributed by atoms with Gasteiger partial charge in [-0.25, -0.2) is 19.6 Å². The Morgan fingerprint density at radius 1 is 0.754 bits per heavy atom. The number of nitrogens with zero attached hydrogens (tertiary/aromatic N) is 4. The van der Waals surface area contributed by atoms with Crippen LogP contribution < -0.4 is 10.6 Å². The number of ether oxygens (including phenoxy) is 2. The van der Waals surface area contributed by atoms with E-state index in [2.05, 4.69) is 69.1 Å². The minimum atomic E-state index is -1.23. The smallest absolute Gasteiger partial charge is 0.407 e. The molecule has 9 rings (SSSR count). The highest BCUT2D eigenvalue weighted by Crippen LogP contribution is 2.53. The molecule has 1 aliphatic carbocycles. The maximum atomic E-state index is 14.0. The van der Waals surface area contributed by atoms with Crippen molar-refractivity contribution in [3.05, 3.63) is 72.3 Å². The third-order valence-electron chi connectivity index (χ3n) is 13.0. The molecular weight excluding hydrogens is 777 g/mol. The number of imidazole rings is 2. The molecule has 7 atom stereocenters. The first-order valence-electron chi connectivity index (χ1n) is 21.1. The number of carboxylic acid groups (broad SMARTS) is 1. The van der Waals surface area contributed by atoms with Crippen LogP contribution in [0.5, 0.6) is 0 Å². The van der Waals surface area contributed by atoms with Crippen molar-refractivity contribution in [3.63, 3.8) is 0 Å². The predicted octanol–water partition coefficient (Wildman–Crippen LogP) is 7.28. The lowest BCUT2D eigenvalue weighted by Crippen LogP contribution is -2.52. The standard InChI is InChI=1S/C46H52N8O7/c1-22(2)37(51-45(57)58)43(55)53-20-24(21-60-5)15-35(53)41-47-32-13-9-27-16-25(7-11-30(27)39(32)49-41)26-8-12-31-28(17-26)10-14-33-40(31)50-42(48-33)36-19-29-18-34(29)54(36)44(56)38(23(3)4)52-46(59)61-6/h7-14,16-17,22-24,29,34-38,51H,15,18-21H2,1-6H3,(H,47,49)(H,48,50)(H,52,59)(H,57,58)/t24-,29+,34+,35-,36-,37-,38-/m0/s1. The fourth-order valence-corrected chi connectivity index (χ4v) is 9.80. The minimum Gasteiger partial charge on any atom is -0.465 e. The molecule has 4 amide bonds. The van der Waals surface area contributed by atoms with Crippen molar-refractivity contribution in [3.8, 4) is 11.1 Å². The number of aromatic nitrogens is 4. The highest BCUT2D eigenvalue weighted by atomic mass is 16.5. The van der Waals surface area contributed by atoms with Crippen LogP contribution in [0.1, 0.15) is 70.7 Å². The number of hydrogen-bond acceptors (Lipinski definition) is 8.